The summed E-state index contributed by atoms with van der Waals surface area (Å²) in [6.07, 6.45) is 1.44. The highest BCUT2D eigenvalue weighted by molar-refractivity contribution is 9.10. The van der Waals surface area contributed by atoms with Gasteiger partial charge in [-0.1, -0.05) is 0 Å². The molecule has 7 heteroatoms. The molecule has 19 heavy (non-hydrogen) atoms. The molecule has 0 unspecified atom stereocenters. The van der Waals surface area contributed by atoms with Crippen molar-refractivity contribution in [3.63, 3.8) is 0 Å². The third-order valence-corrected chi connectivity index (χ3v) is 4.53. The van der Waals surface area contributed by atoms with E-state index in [0.717, 1.165) is 4.57 Å². The van der Waals surface area contributed by atoms with E-state index in [1.54, 1.807) is 18.4 Å². The summed E-state index contributed by atoms with van der Waals surface area (Å²) in [5.41, 5.74) is -0.924. The van der Waals surface area contributed by atoms with Crippen LogP contribution in [0, 0.1) is 0 Å². The fraction of sp³-hybridized carbons (Fsp3) is 0.250. The first kappa shape index (κ1) is 14.0. The molecular formula is C12H11BrN2O3S. The predicted molar refractivity (Wildman–Crippen MR) is 77.0 cm³/mol. The van der Waals surface area contributed by atoms with Gasteiger partial charge in [-0.3, -0.25) is 14.2 Å². The van der Waals surface area contributed by atoms with Gasteiger partial charge in [0, 0.05) is 23.3 Å². The summed E-state index contributed by atoms with van der Waals surface area (Å²) in [6, 6.07) is 3.05. The van der Waals surface area contributed by atoms with Crippen LogP contribution in [0.5, 0.6) is 0 Å². The molecule has 0 fully saturated rings. The fourth-order valence-electron chi connectivity index (χ4n) is 1.65. The number of rotatable bonds is 4. The number of carbonyl (C=O) groups is 1. The van der Waals surface area contributed by atoms with E-state index >= 15 is 0 Å². The maximum atomic E-state index is 12.1. The Balaban J connectivity index is 2.40. The van der Waals surface area contributed by atoms with Crippen molar-refractivity contribution in [3.8, 4) is 0 Å². The molecule has 0 aliphatic carbocycles. The average Bonchev–Trinajstić information content (AvgIpc) is 2.81. The quantitative estimate of drug-likeness (QED) is 0.795. The van der Waals surface area contributed by atoms with Gasteiger partial charge in [-0.25, -0.2) is 4.79 Å². The molecule has 2 rings (SSSR count). The van der Waals surface area contributed by atoms with E-state index in [4.69, 9.17) is 0 Å². The number of carbonyl (C=O) groups excluding carboxylic acids is 1. The molecule has 0 aromatic carbocycles. The first-order valence-electron chi connectivity index (χ1n) is 5.61. The number of ketones is 1. The Labute approximate surface area is 121 Å². The van der Waals surface area contributed by atoms with Crippen molar-refractivity contribution in [3.05, 3.63) is 53.9 Å². The van der Waals surface area contributed by atoms with E-state index in [1.807, 2.05) is 0 Å². The average molecular weight is 343 g/mol. The number of thiophene rings is 1. The molecule has 0 saturated heterocycles. The largest absolute Gasteiger partial charge is 0.331 e. The standard InChI is InChI=1S/C12H11BrN2O3S/c1-2-14-5-3-10(17)15(12(14)18)7-9(16)11-8(13)4-6-19-11/h3-6H,2,7H2,1H3. The van der Waals surface area contributed by atoms with Gasteiger partial charge in [0.05, 0.1) is 11.4 Å². The first-order chi connectivity index (χ1) is 9.04. The molecule has 2 aromatic rings. The summed E-state index contributed by atoms with van der Waals surface area (Å²) in [5, 5.41) is 1.77. The maximum absolute atomic E-state index is 12.1. The summed E-state index contributed by atoms with van der Waals surface area (Å²) in [4.78, 5) is 36.2. The van der Waals surface area contributed by atoms with Crippen molar-refractivity contribution in [2.75, 3.05) is 0 Å². The van der Waals surface area contributed by atoms with Crippen LogP contribution in [0.1, 0.15) is 16.6 Å². The zero-order valence-electron chi connectivity index (χ0n) is 10.1. The van der Waals surface area contributed by atoms with Crippen LogP contribution in [-0.2, 0) is 13.1 Å². The van der Waals surface area contributed by atoms with E-state index in [2.05, 4.69) is 15.9 Å². The molecule has 100 valence electrons. The minimum atomic E-state index is -0.462. The van der Waals surface area contributed by atoms with Gasteiger partial charge in [-0.2, -0.15) is 0 Å². The number of hydrogen-bond acceptors (Lipinski definition) is 4. The number of hydrogen-bond donors (Lipinski definition) is 0. The second kappa shape index (κ2) is 5.66. The van der Waals surface area contributed by atoms with Crippen LogP contribution in [0.2, 0.25) is 0 Å². The highest BCUT2D eigenvalue weighted by Crippen LogP contribution is 2.23. The molecule has 0 spiro atoms. The van der Waals surface area contributed by atoms with Gasteiger partial charge < -0.3 is 4.57 Å². The molecule has 0 amide bonds. The van der Waals surface area contributed by atoms with Gasteiger partial charge in [-0.05, 0) is 34.3 Å². The van der Waals surface area contributed by atoms with Gasteiger partial charge >= 0.3 is 5.69 Å². The Morgan fingerprint density at radius 3 is 2.68 bits per heavy atom. The van der Waals surface area contributed by atoms with Gasteiger partial charge in [-0.15, -0.1) is 11.3 Å². The van der Waals surface area contributed by atoms with Crippen molar-refractivity contribution >= 4 is 33.0 Å². The highest BCUT2D eigenvalue weighted by Gasteiger charge is 2.15. The molecule has 5 nitrogen and oxygen atoms in total. The van der Waals surface area contributed by atoms with E-state index in [0.29, 0.717) is 15.9 Å². The maximum Gasteiger partial charge on any atom is 0.331 e. The fourth-order valence-corrected chi connectivity index (χ4v) is 3.18. The Morgan fingerprint density at radius 2 is 2.11 bits per heavy atom. The molecule has 0 aliphatic rings. The lowest BCUT2D eigenvalue weighted by atomic mass is 10.3. The summed E-state index contributed by atoms with van der Waals surface area (Å²) in [5.74, 6) is -0.255. The number of Topliss-reactive ketones (excluding diaryl/α,β-unsaturated/α-hetero) is 1. The first-order valence-corrected chi connectivity index (χ1v) is 7.28. The van der Waals surface area contributed by atoms with Crippen molar-refractivity contribution in [1.29, 1.82) is 0 Å². The van der Waals surface area contributed by atoms with Crippen molar-refractivity contribution in [1.82, 2.24) is 9.13 Å². The minimum absolute atomic E-state index is 0.238. The second-order valence-electron chi connectivity index (χ2n) is 3.83. The molecule has 0 N–H and O–H groups in total. The Bertz CT molecular complexity index is 729. The van der Waals surface area contributed by atoms with Crippen molar-refractivity contribution in [2.24, 2.45) is 0 Å². The van der Waals surface area contributed by atoms with Gasteiger partial charge in [0.25, 0.3) is 5.56 Å². The van der Waals surface area contributed by atoms with E-state index in [1.165, 1.54) is 28.2 Å². The van der Waals surface area contributed by atoms with Crippen LogP contribution in [0.25, 0.3) is 0 Å². The summed E-state index contributed by atoms with van der Waals surface area (Å²) >= 11 is 4.54. The van der Waals surface area contributed by atoms with E-state index in [-0.39, 0.29) is 12.3 Å². The van der Waals surface area contributed by atoms with Crippen LogP contribution in [-0.4, -0.2) is 14.9 Å². The normalized spacial score (nSPS) is 10.6. The smallest absolute Gasteiger partial charge is 0.301 e. The van der Waals surface area contributed by atoms with Crippen LogP contribution >= 0.6 is 27.3 Å². The second-order valence-corrected chi connectivity index (χ2v) is 5.60. The van der Waals surface area contributed by atoms with Crippen LogP contribution in [0.15, 0.2) is 37.8 Å². The lowest BCUT2D eigenvalue weighted by molar-refractivity contribution is 0.0971. The summed E-state index contributed by atoms with van der Waals surface area (Å²) in [6.45, 7) is 2.02. The Hall–Kier alpha value is -1.47. The van der Waals surface area contributed by atoms with Gasteiger partial charge in [0.1, 0.15) is 0 Å². The van der Waals surface area contributed by atoms with Gasteiger partial charge in [0.15, 0.2) is 5.78 Å². The zero-order chi connectivity index (χ0) is 14.0. The van der Waals surface area contributed by atoms with Crippen molar-refractivity contribution < 1.29 is 4.79 Å². The lowest BCUT2D eigenvalue weighted by Gasteiger charge is -2.07. The molecule has 2 heterocycles. The van der Waals surface area contributed by atoms with Crippen LogP contribution in [0.3, 0.4) is 0 Å². The predicted octanol–water partition coefficient (Wildman–Crippen LogP) is 1.74. The topological polar surface area (TPSA) is 61.1 Å². The SMILES string of the molecule is CCn1ccc(=O)n(CC(=O)c2sccc2Br)c1=O. The molecule has 0 aliphatic heterocycles. The Kier molecular flexibility index (Phi) is 4.16. The number of nitrogens with zero attached hydrogens (tertiary/aromatic N) is 2. The zero-order valence-corrected chi connectivity index (χ0v) is 12.5. The summed E-state index contributed by atoms with van der Waals surface area (Å²) in [7, 11) is 0. The minimum Gasteiger partial charge on any atom is -0.301 e. The van der Waals surface area contributed by atoms with Crippen LogP contribution < -0.4 is 11.2 Å². The van der Waals surface area contributed by atoms with E-state index in [9.17, 15) is 14.4 Å². The number of aryl methyl sites for hydroxylation is 1. The molecule has 0 bridgehead atoms. The third kappa shape index (κ3) is 2.76. The van der Waals surface area contributed by atoms with Crippen LogP contribution in [0.4, 0.5) is 0 Å². The van der Waals surface area contributed by atoms with E-state index < -0.39 is 11.2 Å². The molecule has 0 saturated carbocycles. The number of halogens is 1. The molecule has 0 atom stereocenters. The monoisotopic (exact) mass is 342 g/mol. The lowest BCUT2D eigenvalue weighted by Crippen LogP contribution is -2.40. The number of aromatic nitrogens is 2. The molecule has 2 aromatic heterocycles. The Morgan fingerprint density at radius 1 is 1.37 bits per heavy atom. The van der Waals surface area contributed by atoms with Crippen molar-refractivity contribution in [2.45, 2.75) is 20.0 Å². The highest BCUT2D eigenvalue weighted by atomic mass is 79.9. The van der Waals surface area contributed by atoms with Gasteiger partial charge in [0.2, 0.25) is 0 Å². The third-order valence-electron chi connectivity index (χ3n) is 2.65. The molecule has 0 radical (unpaired) electrons. The molecular weight excluding hydrogens is 332 g/mol. The summed E-state index contributed by atoms with van der Waals surface area (Å²) < 4.78 is 3.03.